The minimum absolute atomic E-state index is 0.109. The van der Waals surface area contributed by atoms with Crippen molar-refractivity contribution in [3.05, 3.63) is 89.4 Å². The lowest BCUT2D eigenvalue weighted by Crippen LogP contribution is -2.38. The van der Waals surface area contributed by atoms with Crippen molar-refractivity contribution < 1.29 is 9.59 Å². The van der Waals surface area contributed by atoms with Crippen molar-refractivity contribution >= 4 is 46.2 Å². The van der Waals surface area contributed by atoms with Gasteiger partial charge in [0.15, 0.2) is 0 Å². The maximum atomic E-state index is 13.1. The number of amides is 2. The molecule has 0 radical (unpaired) electrons. The number of nitrogens with zero attached hydrogens (tertiary/aromatic N) is 2. The molecular weight excluding hydrogens is 386 g/mol. The zero-order valence-electron chi connectivity index (χ0n) is 15.5. The summed E-state index contributed by atoms with van der Waals surface area (Å²) in [5.74, 6) is -0.517. The highest BCUT2D eigenvalue weighted by atomic mass is 35.5. The minimum atomic E-state index is -0.329. The molecule has 0 unspecified atom stereocenters. The van der Waals surface area contributed by atoms with Crippen LogP contribution in [0.5, 0.6) is 0 Å². The molecule has 0 spiro atoms. The predicted molar refractivity (Wildman–Crippen MR) is 116 cm³/mol. The van der Waals surface area contributed by atoms with Crippen molar-refractivity contribution in [3.8, 4) is 0 Å². The van der Waals surface area contributed by atoms with E-state index >= 15 is 0 Å². The Hall–Kier alpha value is -3.44. The number of hydrogen-bond acceptors (Lipinski definition) is 3. The highest BCUT2D eigenvalue weighted by molar-refractivity contribution is 6.33. The number of halogens is 1. The number of aliphatic imine (C=N–C) groups is 1. The van der Waals surface area contributed by atoms with Crippen LogP contribution in [0.4, 0.5) is 17.1 Å². The SMILES string of the molecule is O=C(CN1C(=O)CC(c2ccccc2)=Nc2ccccc21)Nc1ccccc1Cl. The van der Waals surface area contributed by atoms with E-state index < -0.39 is 0 Å². The molecule has 0 saturated carbocycles. The molecule has 144 valence electrons. The third-order valence-corrected chi connectivity index (χ3v) is 4.93. The summed E-state index contributed by atoms with van der Waals surface area (Å²) >= 11 is 6.12. The van der Waals surface area contributed by atoms with Crippen molar-refractivity contribution in [2.75, 3.05) is 16.8 Å². The average Bonchev–Trinajstić information content (AvgIpc) is 2.87. The van der Waals surface area contributed by atoms with Crippen LogP contribution in [0.2, 0.25) is 5.02 Å². The summed E-state index contributed by atoms with van der Waals surface area (Å²) in [5.41, 5.74) is 3.34. The monoisotopic (exact) mass is 403 g/mol. The Morgan fingerprint density at radius 2 is 1.66 bits per heavy atom. The predicted octanol–water partition coefficient (Wildman–Crippen LogP) is 4.84. The zero-order valence-corrected chi connectivity index (χ0v) is 16.3. The van der Waals surface area contributed by atoms with Gasteiger partial charge in [-0.2, -0.15) is 0 Å². The molecule has 0 bridgehead atoms. The van der Waals surface area contributed by atoms with E-state index in [9.17, 15) is 9.59 Å². The van der Waals surface area contributed by atoms with Crippen LogP contribution in [-0.2, 0) is 9.59 Å². The Morgan fingerprint density at radius 1 is 0.966 bits per heavy atom. The van der Waals surface area contributed by atoms with Gasteiger partial charge in [-0.3, -0.25) is 14.6 Å². The van der Waals surface area contributed by atoms with Gasteiger partial charge in [0.25, 0.3) is 0 Å². The number of rotatable bonds is 4. The second kappa shape index (κ2) is 8.29. The fraction of sp³-hybridized carbons (Fsp3) is 0.0870. The van der Waals surface area contributed by atoms with Crippen LogP contribution in [0.25, 0.3) is 0 Å². The number of carbonyl (C=O) groups excluding carboxylic acids is 2. The third-order valence-electron chi connectivity index (χ3n) is 4.60. The third kappa shape index (κ3) is 4.20. The summed E-state index contributed by atoms with van der Waals surface area (Å²) < 4.78 is 0. The molecule has 1 heterocycles. The van der Waals surface area contributed by atoms with Crippen LogP contribution < -0.4 is 10.2 Å². The van der Waals surface area contributed by atoms with E-state index in [-0.39, 0.29) is 24.8 Å². The maximum absolute atomic E-state index is 13.1. The Balaban J connectivity index is 1.62. The van der Waals surface area contributed by atoms with Gasteiger partial charge in [-0.15, -0.1) is 0 Å². The second-order valence-corrected chi connectivity index (χ2v) is 7.01. The molecule has 3 aromatic rings. The number of nitrogens with one attached hydrogen (secondary N) is 1. The number of para-hydroxylation sites is 3. The average molecular weight is 404 g/mol. The lowest BCUT2D eigenvalue weighted by molar-refractivity contribution is -0.120. The van der Waals surface area contributed by atoms with E-state index in [4.69, 9.17) is 16.6 Å². The van der Waals surface area contributed by atoms with Crippen molar-refractivity contribution in [1.82, 2.24) is 0 Å². The maximum Gasteiger partial charge on any atom is 0.244 e. The van der Waals surface area contributed by atoms with Gasteiger partial charge in [0.1, 0.15) is 6.54 Å². The molecule has 1 aliphatic rings. The van der Waals surface area contributed by atoms with Crippen LogP contribution in [-0.4, -0.2) is 24.1 Å². The van der Waals surface area contributed by atoms with E-state index in [2.05, 4.69) is 5.32 Å². The Kier molecular flexibility index (Phi) is 5.40. The largest absolute Gasteiger partial charge is 0.323 e. The lowest BCUT2D eigenvalue weighted by Gasteiger charge is -2.22. The highest BCUT2D eigenvalue weighted by Crippen LogP contribution is 2.33. The van der Waals surface area contributed by atoms with Gasteiger partial charge in [-0.1, -0.05) is 66.2 Å². The normalized spacial score (nSPS) is 13.3. The number of carbonyl (C=O) groups is 2. The first kappa shape index (κ1) is 18.9. The summed E-state index contributed by atoms with van der Waals surface area (Å²) in [6, 6.07) is 23.9. The molecule has 0 aromatic heterocycles. The van der Waals surface area contributed by atoms with E-state index in [1.165, 1.54) is 4.90 Å². The summed E-state index contributed by atoms with van der Waals surface area (Å²) in [5, 5.41) is 3.21. The van der Waals surface area contributed by atoms with E-state index in [1.807, 2.05) is 48.5 Å². The lowest BCUT2D eigenvalue weighted by atomic mass is 10.1. The molecule has 0 saturated heterocycles. The van der Waals surface area contributed by atoms with E-state index in [0.29, 0.717) is 27.8 Å². The van der Waals surface area contributed by atoms with Crippen LogP contribution >= 0.6 is 11.6 Å². The Bertz CT molecular complexity index is 1100. The Labute approximate surface area is 173 Å². The molecule has 1 aliphatic heterocycles. The molecule has 2 amide bonds. The van der Waals surface area contributed by atoms with Gasteiger partial charge in [0.05, 0.1) is 34.2 Å². The summed E-state index contributed by atoms with van der Waals surface area (Å²) in [6.07, 6.45) is 0.109. The first-order chi connectivity index (χ1) is 14.1. The van der Waals surface area contributed by atoms with Crippen molar-refractivity contribution in [3.63, 3.8) is 0 Å². The van der Waals surface area contributed by atoms with E-state index in [0.717, 1.165) is 5.56 Å². The first-order valence-electron chi connectivity index (χ1n) is 9.18. The molecule has 1 N–H and O–H groups in total. The van der Waals surface area contributed by atoms with Gasteiger partial charge >= 0.3 is 0 Å². The summed E-state index contributed by atoms with van der Waals surface area (Å²) in [7, 11) is 0. The molecule has 6 heteroatoms. The summed E-state index contributed by atoms with van der Waals surface area (Å²) in [6.45, 7) is -0.126. The number of benzene rings is 3. The fourth-order valence-electron chi connectivity index (χ4n) is 3.21. The molecule has 29 heavy (non-hydrogen) atoms. The smallest absolute Gasteiger partial charge is 0.244 e. The molecule has 0 aliphatic carbocycles. The molecular formula is C23H18ClN3O2. The standard InChI is InChI=1S/C23H18ClN3O2/c24-17-10-4-5-11-18(17)26-22(28)15-27-21-13-7-6-12-19(21)25-20(14-23(27)29)16-8-2-1-3-9-16/h1-13H,14-15H2,(H,26,28). The number of anilines is 2. The van der Waals surface area contributed by atoms with E-state index in [1.54, 1.807) is 30.3 Å². The van der Waals surface area contributed by atoms with Gasteiger partial charge in [0.2, 0.25) is 11.8 Å². The molecule has 5 nitrogen and oxygen atoms in total. The minimum Gasteiger partial charge on any atom is -0.323 e. The number of fused-ring (bicyclic) bond motifs is 1. The second-order valence-electron chi connectivity index (χ2n) is 6.60. The van der Waals surface area contributed by atoms with Crippen molar-refractivity contribution in [2.24, 2.45) is 4.99 Å². The van der Waals surface area contributed by atoms with Gasteiger partial charge in [0, 0.05) is 0 Å². The molecule has 0 atom stereocenters. The fourth-order valence-corrected chi connectivity index (χ4v) is 3.39. The first-order valence-corrected chi connectivity index (χ1v) is 9.56. The topological polar surface area (TPSA) is 61.8 Å². The van der Waals surface area contributed by atoms with Crippen LogP contribution in [0, 0.1) is 0 Å². The Morgan fingerprint density at radius 3 is 2.45 bits per heavy atom. The van der Waals surface area contributed by atoms with Crippen molar-refractivity contribution in [1.29, 1.82) is 0 Å². The van der Waals surface area contributed by atoms with Gasteiger partial charge in [-0.05, 0) is 29.8 Å². The van der Waals surface area contributed by atoms with Gasteiger partial charge < -0.3 is 10.2 Å². The number of hydrogen-bond donors (Lipinski definition) is 1. The van der Waals surface area contributed by atoms with Gasteiger partial charge in [-0.25, -0.2) is 0 Å². The molecule has 4 rings (SSSR count). The van der Waals surface area contributed by atoms with Crippen LogP contribution in [0.1, 0.15) is 12.0 Å². The summed E-state index contributed by atoms with van der Waals surface area (Å²) in [4.78, 5) is 31.9. The van der Waals surface area contributed by atoms with Crippen molar-refractivity contribution in [2.45, 2.75) is 6.42 Å². The highest BCUT2D eigenvalue weighted by Gasteiger charge is 2.26. The molecule has 3 aromatic carbocycles. The molecule has 0 fully saturated rings. The quantitative estimate of drug-likeness (QED) is 0.677. The van der Waals surface area contributed by atoms with Crippen LogP contribution in [0.3, 0.4) is 0 Å². The zero-order chi connectivity index (χ0) is 20.2. The van der Waals surface area contributed by atoms with Crippen LogP contribution in [0.15, 0.2) is 83.9 Å².